The van der Waals surface area contributed by atoms with Gasteiger partial charge in [0.15, 0.2) is 5.58 Å². The summed E-state index contributed by atoms with van der Waals surface area (Å²) in [5.41, 5.74) is 2.35. The van der Waals surface area contributed by atoms with Crippen LogP contribution in [-0.2, 0) is 0 Å². The fourth-order valence-corrected chi connectivity index (χ4v) is 4.56. The van der Waals surface area contributed by atoms with Crippen molar-refractivity contribution in [1.29, 1.82) is 0 Å². The smallest absolute Gasteiger partial charge is 0.298 e. The molecule has 1 aromatic carbocycles. The zero-order valence-corrected chi connectivity index (χ0v) is 13.7. The zero-order chi connectivity index (χ0) is 15.3. The van der Waals surface area contributed by atoms with E-state index in [-0.39, 0.29) is 0 Å². The van der Waals surface area contributed by atoms with Crippen molar-refractivity contribution in [2.75, 3.05) is 37.6 Å². The fourth-order valence-electron chi connectivity index (χ4n) is 4.56. The first-order valence-corrected chi connectivity index (χ1v) is 9.13. The summed E-state index contributed by atoms with van der Waals surface area (Å²) in [7, 11) is 0. The van der Waals surface area contributed by atoms with Crippen LogP contribution in [0.4, 0.5) is 6.01 Å². The van der Waals surface area contributed by atoms with Crippen LogP contribution in [0.3, 0.4) is 0 Å². The Morgan fingerprint density at radius 3 is 2.91 bits per heavy atom. The van der Waals surface area contributed by atoms with Crippen molar-refractivity contribution in [3.8, 4) is 0 Å². The van der Waals surface area contributed by atoms with Gasteiger partial charge in [-0.2, -0.15) is 4.98 Å². The van der Waals surface area contributed by atoms with Crippen LogP contribution in [0.5, 0.6) is 0 Å². The van der Waals surface area contributed by atoms with Crippen LogP contribution in [0, 0.1) is 11.3 Å². The van der Waals surface area contributed by atoms with Gasteiger partial charge in [-0.05, 0) is 56.7 Å². The number of para-hydroxylation sites is 2. The highest BCUT2D eigenvalue weighted by atomic mass is 16.4. The van der Waals surface area contributed by atoms with E-state index in [4.69, 9.17) is 9.40 Å². The number of fused-ring (bicyclic) bond motifs is 1. The van der Waals surface area contributed by atoms with Gasteiger partial charge in [0.1, 0.15) is 5.52 Å². The Morgan fingerprint density at radius 1 is 1.13 bits per heavy atom. The molecule has 5 rings (SSSR count). The lowest BCUT2D eigenvalue weighted by Gasteiger charge is -2.40. The predicted molar refractivity (Wildman–Crippen MR) is 91.7 cm³/mol. The number of aromatic nitrogens is 1. The topological polar surface area (TPSA) is 32.5 Å². The maximum atomic E-state index is 5.99. The van der Waals surface area contributed by atoms with Gasteiger partial charge in [-0.1, -0.05) is 12.1 Å². The van der Waals surface area contributed by atoms with Gasteiger partial charge < -0.3 is 14.2 Å². The van der Waals surface area contributed by atoms with Gasteiger partial charge in [-0.3, -0.25) is 0 Å². The highest BCUT2D eigenvalue weighted by molar-refractivity contribution is 5.74. The first-order chi connectivity index (χ1) is 11.3. The van der Waals surface area contributed by atoms with Crippen LogP contribution in [0.2, 0.25) is 0 Å². The van der Waals surface area contributed by atoms with E-state index in [0.29, 0.717) is 5.41 Å². The van der Waals surface area contributed by atoms with E-state index in [0.717, 1.165) is 36.1 Å². The molecule has 0 radical (unpaired) electrons. The van der Waals surface area contributed by atoms with Gasteiger partial charge >= 0.3 is 0 Å². The molecular weight excluding hydrogens is 286 g/mol. The zero-order valence-electron chi connectivity index (χ0n) is 13.7. The minimum atomic E-state index is 0.466. The number of likely N-dealkylation sites (tertiary alicyclic amines) is 1. The number of hydrogen-bond donors (Lipinski definition) is 0. The van der Waals surface area contributed by atoms with Crippen LogP contribution < -0.4 is 4.90 Å². The minimum absolute atomic E-state index is 0.466. The van der Waals surface area contributed by atoms with E-state index in [1.807, 2.05) is 24.3 Å². The molecule has 2 saturated heterocycles. The number of nitrogens with zero attached hydrogens (tertiary/aromatic N) is 3. The van der Waals surface area contributed by atoms with Gasteiger partial charge in [0.2, 0.25) is 0 Å². The second-order valence-electron chi connectivity index (χ2n) is 7.92. The van der Waals surface area contributed by atoms with E-state index < -0.39 is 0 Å². The highest BCUT2D eigenvalue weighted by Gasteiger charge is 2.43. The molecule has 1 saturated carbocycles. The molecule has 4 heteroatoms. The Labute approximate surface area is 137 Å². The molecule has 1 aliphatic carbocycles. The number of rotatable bonds is 3. The van der Waals surface area contributed by atoms with E-state index >= 15 is 0 Å². The maximum absolute atomic E-state index is 5.99. The summed E-state index contributed by atoms with van der Waals surface area (Å²) < 4.78 is 5.99. The van der Waals surface area contributed by atoms with E-state index in [9.17, 15) is 0 Å². The molecular formula is C19H25N3O. The molecule has 0 bridgehead atoms. The van der Waals surface area contributed by atoms with Crippen LogP contribution in [0.25, 0.3) is 11.1 Å². The van der Waals surface area contributed by atoms with Gasteiger partial charge in [-0.25, -0.2) is 0 Å². The summed E-state index contributed by atoms with van der Waals surface area (Å²) in [6.07, 6.45) is 6.92. The van der Waals surface area contributed by atoms with Gasteiger partial charge in [0, 0.05) is 31.6 Å². The molecule has 2 aromatic rings. The van der Waals surface area contributed by atoms with Crippen LogP contribution in [0.1, 0.15) is 32.1 Å². The molecule has 0 unspecified atom stereocenters. The third-order valence-corrected chi connectivity index (χ3v) is 5.95. The summed E-state index contributed by atoms with van der Waals surface area (Å²) in [5.74, 6) is 1.000. The molecule has 1 atom stereocenters. The summed E-state index contributed by atoms with van der Waals surface area (Å²) in [4.78, 5) is 9.80. The van der Waals surface area contributed by atoms with Crippen molar-refractivity contribution in [1.82, 2.24) is 9.88 Å². The number of hydrogen-bond acceptors (Lipinski definition) is 4. The average Bonchev–Trinajstić information content (AvgIpc) is 3.12. The predicted octanol–water partition coefficient (Wildman–Crippen LogP) is 3.53. The molecule has 3 heterocycles. The Kier molecular flexibility index (Phi) is 3.15. The Hall–Kier alpha value is -1.55. The average molecular weight is 311 g/mol. The summed E-state index contributed by atoms with van der Waals surface area (Å²) in [6, 6.07) is 8.90. The lowest BCUT2D eigenvalue weighted by Crippen LogP contribution is -2.45. The lowest BCUT2D eigenvalue weighted by atomic mass is 9.79. The van der Waals surface area contributed by atoms with Crippen molar-refractivity contribution < 1.29 is 4.42 Å². The molecule has 3 aliphatic rings. The molecule has 23 heavy (non-hydrogen) atoms. The van der Waals surface area contributed by atoms with Crippen LogP contribution in [0.15, 0.2) is 28.7 Å². The SMILES string of the molecule is c1ccc2oc(N3CC[C@@]4(CCCN(CC5CC5)C4)C3)nc2c1. The van der Waals surface area contributed by atoms with Crippen LogP contribution >= 0.6 is 0 Å². The Morgan fingerprint density at radius 2 is 2.04 bits per heavy atom. The molecule has 1 aromatic heterocycles. The summed E-state index contributed by atoms with van der Waals surface area (Å²) in [6.45, 7) is 6.12. The van der Waals surface area contributed by atoms with Gasteiger partial charge in [0.25, 0.3) is 6.01 Å². The first kappa shape index (κ1) is 13.8. The first-order valence-electron chi connectivity index (χ1n) is 9.13. The molecule has 3 fully saturated rings. The van der Waals surface area contributed by atoms with E-state index in [1.54, 1.807) is 0 Å². The molecule has 2 aliphatic heterocycles. The molecule has 0 N–H and O–H groups in total. The van der Waals surface area contributed by atoms with Crippen molar-refractivity contribution >= 4 is 17.1 Å². The number of piperidine rings is 1. The normalized spacial score (nSPS) is 29.0. The summed E-state index contributed by atoms with van der Waals surface area (Å²) >= 11 is 0. The Balaban J connectivity index is 1.32. The largest absolute Gasteiger partial charge is 0.423 e. The lowest BCUT2D eigenvalue weighted by molar-refractivity contribution is 0.101. The minimum Gasteiger partial charge on any atom is -0.423 e. The van der Waals surface area contributed by atoms with Crippen molar-refractivity contribution in [3.63, 3.8) is 0 Å². The quantitative estimate of drug-likeness (QED) is 0.868. The Bertz CT molecular complexity index is 674. The van der Waals surface area contributed by atoms with Gasteiger partial charge in [0.05, 0.1) is 0 Å². The van der Waals surface area contributed by atoms with Gasteiger partial charge in [-0.15, -0.1) is 0 Å². The monoisotopic (exact) mass is 311 g/mol. The third kappa shape index (κ3) is 2.63. The van der Waals surface area contributed by atoms with Crippen LogP contribution in [-0.4, -0.2) is 42.6 Å². The second kappa shape index (κ2) is 5.23. The number of anilines is 1. The van der Waals surface area contributed by atoms with E-state index in [1.165, 1.54) is 51.7 Å². The number of oxazole rings is 1. The van der Waals surface area contributed by atoms with Crippen molar-refractivity contribution in [3.05, 3.63) is 24.3 Å². The molecule has 1 spiro atoms. The van der Waals surface area contributed by atoms with E-state index in [2.05, 4.69) is 9.80 Å². The maximum Gasteiger partial charge on any atom is 0.298 e. The molecule has 122 valence electrons. The highest BCUT2D eigenvalue weighted by Crippen LogP contribution is 2.42. The van der Waals surface area contributed by atoms with Crippen molar-refractivity contribution in [2.24, 2.45) is 11.3 Å². The standard InChI is InChI=1S/C19H25N3O/c1-2-5-17-16(4-1)20-18(23-17)22-11-9-19(14-22)8-3-10-21(13-19)12-15-6-7-15/h1-2,4-5,15H,3,6-14H2/t19-/m1/s1. The molecule has 0 amide bonds. The summed E-state index contributed by atoms with van der Waals surface area (Å²) in [5, 5.41) is 0. The van der Waals surface area contributed by atoms with Crippen molar-refractivity contribution in [2.45, 2.75) is 32.1 Å². The third-order valence-electron chi connectivity index (χ3n) is 5.95. The second-order valence-corrected chi connectivity index (χ2v) is 7.92. The number of benzene rings is 1. The molecule has 4 nitrogen and oxygen atoms in total. The fraction of sp³-hybridized carbons (Fsp3) is 0.632.